The number of aromatic nitrogens is 1. The zero-order valence-electron chi connectivity index (χ0n) is 12.0. The predicted molar refractivity (Wildman–Crippen MR) is 82.0 cm³/mol. The fraction of sp³-hybridized carbons (Fsp3) is 0.294. The van der Waals surface area contributed by atoms with Crippen LogP contribution in [0.2, 0.25) is 0 Å². The molecule has 0 saturated heterocycles. The lowest BCUT2D eigenvalue weighted by molar-refractivity contribution is 0.0947. The molecule has 1 N–H and O–H groups in total. The van der Waals surface area contributed by atoms with Crippen LogP contribution in [0.15, 0.2) is 48.8 Å². The maximum atomic E-state index is 11.9. The Labute approximate surface area is 124 Å². The Morgan fingerprint density at radius 2 is 2.05 bits per heavy atom. The van der Waals surface area contributed by atoms with E-state index in [2.05, 4.69) is 39.5 Å². The molecule has 0 bridgehead atoms. The highest BCUT2D eigenvalue weighted by atomic mass is 16.1. The van der Waals surface area contributed by atoms with Gasteiger partial charge in [0.15, 0.2) is 0 Å². The molecule has 1 aromatic heterocycles. The SMILES string of the molecule is O=C(NCCN1CCc2ccccc2C1)c1cccnc1. The molecule has 0 unspecified atom stereocenters. The summed E-state index contributed by atoms with van der Waals surface area (Å²) >= 11 is 0. The fourth-order valence-corrected chi connectivity index (χ4v) is 2.67. The summed E-state index contributed by atoms with van der Waals surface area (Å²) in [5.74, 6) is -0.0551. The molecule has 0 atom stereocenters. The third kappa shape index (κ3) is 3.47. The van der Waals surface area contributed by atoms with Crippen LogP contribution < -0.4 is 5.32 Å². The summed E-state index contributed by atoms with van der Waals surface area (Å²) in [6.07, 6.45) is 4.35. The molecule has 2 heterocycles. The number of amides is 1. The van der Waals surface area contributed by atoms with E-state index in [1.54, 1.807) is 24.5 Å². The molecular weight excluding hydrogens is 262 g/mol. The van der Waals surface area contributed by atoms with E-state index < -0.39 is 0 Å². The van der Waals surface area contributed by atoms with Crippen LogP contribution in [-0.4, -0.2) is 35.4 Å². The van der Waals surface area contributed by atoms with E-state index >= 15 is 0 Å². The van der Waals surface area contributed by atoms with E-state index in [0.717, 1.165) is 26.1 Å². The molecule has 0 fully saturated rings. The first-order chi connectivity index (χ1) is 10.3. The number of carbonyl (C=O) groups excluding carboxylic acids is 1. The highest BCUT2D eigenvalue weighted by Crippen LogP contribution is 2.17. The van der Waals surface area contributed by atoms with Crippen LogP contribution in [0.3, 0.4) is 0 Å². The van der Waals surface area contributed by atoms with Crippen molar-refractivity contribution in [3.8, 4) is 0 Å². The molecule has 3 rings (SSSR count). The van der Waals surface area contributed by atoms with E-state index in [0.29, 0.717) is 12.1 Å². The molecule has 1 aromatic carbocycles. The summed E-state index contributed by atoms with van der Waals surface area (Å²) in [7, 11) is 0. The Morgan fingerprint density at radius 3 is 2.86 bits per heavy atom. The van der Waals surface area contributed by atoms with Gasteiger partial charge in [-0.05, 0) is 29.7 Å². The number of pyridine rings is 1. The number of hydrogen-bond donors (Lipinski definition) is 1. The van der Waals surface area contributed by atoms with Gasteiger partial charge in [-0.15, -0.1) is 0 Å². The van der Waals surface area contributed by atoms with E-state index in [9.17, 15) is 4.79 Å². The lowest BCUT2D eigenvalue weighted by atomic mass is 10.00. The van der Waals surface area contributed by atoms with Gasteiger partial charge < -0.3 is 5.32 Å². The minimum absolute atomic E-state index is 0.0551. The third-order valence-electron chi connectivity index (χ3n) is 3.85. The molecule has 1 amide bonds. The van der Waals surface area contributed by atoms with Crippen molar-refractivity contribution in [3.05, 3.63) is 65.5 Å². The second-order valence-electron chi connectivity index (χ2n) is 5.29. The molecule has 108 valence electrons. The van der Waals surface area contributed by atoms with Gasteiger partial charge in [-0.3, -0.25) is 14.7 Å². The normalized spacial score (nSPS) is 14.5. The summed E-state index contributed by atoms with van der Waals surface area (Å²) in [5, 5.41) is 2.95. The third-order valence-corrected chi connectivity index (χ3v) is 3.85. The first kappa shape index (κ1) is 13.8. The van der Waals surface area contributed by atoms with Gasteiger partial charge in [0.05, 0.1) is 5.56 Å². The highest BCUT2D eigenvalue weighted by Gasteiger charge is 2.15. The second kappa shape index (κ2) is 6.50. The molecule has 0 aliphatic carbocycles. The lowest BCUT2D eigenvalue weighted by Crippen LogP contribution is -2.37. The Kier molecular flexibility index (Phi) is 4.26. The molecule has 0 saturated carbocycles. The standard InChI is InChI=1S/C17H19N3O/c21-17(15-6-3-8-18-12-15)19-9-11-20-10-7-14-4-1-2-5-16(14)13-20/h1-6,8,12H,7,9-11,13H2,(H,19,21). The van der Waals surface area contributed by atoms with Crippen molar-refractivity contribution in [2.45, 2.75) is 13.0 Å². The maximum Gasteiger partial charge on any atom is 0.252 e. The Balaban J connectivity index is 1.48. The van der Waals surface area contributed by atoms with Crippen LogP contribution in [0, 0.1) is 0 Å². The fourth-order valence-electron chi connectivity index (χ4n) is 2.67. The first-order valence-electron chi connectivity index (χ1n) is 7.30. The largest absolute Gasteiger partial charge is 0.351 e. The minimum Gasteiger partial charge on any atom is -0.351 e. The predicted octanol–water partition coefficient (Wildman–Crippen LogP) is 1.87. The minimum atomic E-state index is -0.0551. The van der Waals surface area contributed by atoms with Gasteiger partial charge in [-0.2, -0.15) is 0 Å². The van der Waals surface area contributed by atoms with Crippen molar-refractivity contribution in [2.75, 3.05) is 19.6 Å². The van der Waals surface area contributed by atoms with Crippen molar-refractivity contribution < 1.29 is 4.79 Å². The molecule has 4 heteroatoms. The van der Waals surface area contributed by atoms with Crippen LogP contribution in [0.4, 0.5) is 0 Å². The van der Waals surface area contributed by atoms with Crippen molar-refractivity contribution in [3.63, 3.8) is 0 Å². The molecule has 0 spiro atoms. The van der Waals surface area contributed by atoms with E-state index in [1.807, 2.05) is 0 Å². The number of carbonyl (C=O) groups is 1. The topological polar surface area (TPSA) is 45.2 Å². The van der Waals surface area contributed by atoms with Crippen molar-refractivity contribution >= 4 is 5.91 Å². The zero-order valence-corrected chi connectivity index (χ0v) is 12.0. The van der Waals surface area contributed by atoms with Crippen molar-refractivity contribution in [2.24, 2.45) is 0 Å². The summed E-state index contributed by atoms with van der Waals surface area (Å²) in [6, 6.07) is 12.1. The lowest BCUT2D eigenvalue weighted by Gasteiger charge is -2.28. The summed E-state index contributed by atoms with van der Waals surface area (Å²) in [4.78, 5) is 18.3. The monoisotopic (exact) mass is 281 g/mol. The quantitative estimate of drug-likeness (QED) is 0.930. The van der Waals surface area contributed by atoms with Crippen molar-refractivity contribution in [1.82, 2.24) is 15.2 Å². The molecule has 0 radical (unpaired) electrons. The highest BCUT2D eigenvalue weighted by molar-refractivity contribution is 5.93. The molecule has 1 aliphatic rings. The molecular formula is C17H19N3O. The van der Waals surface area contributed by atoms with Gasteiger partial charge in [-0.25, -0.2) is 0 Å². The Morgan fingerprint density at radius 1 is 1.19 bits per heavy atom. The zero-order chi connectivity index (χ0) is 14.5. The number of rotatable bonds is 4. The summed E-state index contributed by atoms with van der Waals surface area (Å²) < 4.78 is 0. The Bertz CT molecular complexity index is 612. The van der Waals surface area contributed by atoms with Crippen LogP contribution in [0.5, 0.6) is 0 Å². The Hall–Kier alpha value is -2.20. The van der Waals surface area contributed by atoms with Crippen LogP contribution >= 0.6 is 0 Å². The van der Waals surface area contributed by atoms with Crippen LogP contribution in [-0.2, 0) is 13.0 Å². The second-order valence-corrected chi connectivity index (χ2v) is 5.29. The van der Waals surface area contributed by atoms with Crippen LogP contribution in [0.1, 0.15) is 21.5 Å². The molecule has 1 aliphatic heterocycles. The van der Waals surface area contributed by atoms with Gasteiger partial charge in [-0.1, -0.05) is 24.3 Å². The average Bonchev–Trinajstić information content (AvgIpc) is 2.55. The van der Waals surface area contributed by atoms with Crippen LogP contribution in [0.25, 0.3) is 0 Å². The number of benzene rings is 1. The molecule has 2 aromatic rings. The maximum absolute atomic E-state index is 11.9. The summed E-state index contributed by atoms with van der Waals surface area (Å²) in [6.45, 7) is 3.56. The summed E-state index contributed by atoms with van der Waals surface area (Å²) in [5.41, 5.74) is 3.47. The van der Waals surface area contributed by atoms with Gasteiger partial charge in [0.25, 0.3) is 5.91 Å². The molecule has 21 heavy (non-hydrogen) atoms. The smallest absolute Gasteiger partial charge is 0.252 e. The van der Waals surface area contributed by atoms with E-state index in [1.165, 1.54) is 11.1 Å². The number of nitrogens with zero attached hydrogens (tertiary/aromatic N) is 2. The van der Waals surface area contributed by atoms with Gasteiger partial charge in [0, 0.05) is 38.6 Å². The number of nitrogens with one attached hydrogen (secondary N) is 1. The van der Waals surface area contributed by atoms with Gasteiger partial charge in [0.2, 0.25) is 0 Å². The molecule has 4 nitrogen and oxygen atoms in total. The van der Waals surface area contributed by atoms with Gasteiger partial charge in [0.1, 0.15) is 0 Å². The van der Waals surface area contributed by atoms with Gasteiger partial charge >= 0.3 is 0 Å². The number of hydrogen-bond acceptors (Lipinski definition) is 3. The van der Waals surface area contributed by atoms with E-state index in [-0.39, 0.29) is 5.91 Å². The average molecular weight is 281 g/mol. The van der Waals surface area contributed by atoms with E-state index in [4.69, 9.17) is 0 Å². The number of fused-ring (bicyclic) bond motifs is 1. The van der Waals surface area contributed by atoms with Crippen molar-refractivity contribution in [1.29, 1.82) is 0 Å². The first-order valence-corrected chi connectivity index (χ1v) is 7.30.